The van der Waals surface area contributed by atoms with Gasteiger partial charge in [-0.25, -0.2) is 8.42 Å². The van der Waals surface area contributed by atoms with Crippen LogP contribution in [-0.4, -0.2) is 75.1 Å². The molecule has 0 amide bonds. The third-order valence-corrected chi connectivity index (χ3v) is 14.5. The number of sulfonamides is 1. The van der Waals surface area contributed by atoms with E-state index in [1.54, 1.807) is 24.3 Å². The molecule has 3 N–H and O–H groups in total. The first-order chi connectivity index (χ1) is 25.4. The zero-order chi connectivity index (χ0) is 39.3. The van der Waals surface area contributed by atoms with E-state index in [4.69, 9.17) is 5.11 Å². The molecule has 2 aliphatic rings. The smallest absolute Gasteiger partial charge is 0.303 e. The summed E-state index contributed by atoms with van der Waals surface area (Å²) in [5.74, 6) is -1.20. The zero-order valence-corrected chi connectivity index (χ0v) is 33.7. The number of fused-ring (bicyclic) bond motifs is 2. The second-order valence-electron chi connectivity index (χ2n) is 14.1. The van der Waals surface area contributed by atoms with Crippen molar-refractivity contribution < 1.29 is 48.8 Å². The number of unbranched alkanes of at least 4 members (excludes halogenated alkanes) is 3. The molecule has 17 heteroatoms. The van der Waals surface area contributed by atoms with Gasteiger partial charge < -0.3 is 10.0 Å². The Bertz CT molecular complexity index is 2290. The summed E-state index contributed by atoms with van der Waals surface area (Å²) in [6, 6.07) is 9.64. The number of carboxylic acid groups (broad SMARTS) is 1. The molecule has 0 unspecified atom stereocenters. The summed E-state index contributed by atoms with van der Waals surface area (Å²) in [6.07, 6.45) is 14.8. The summed E-state index contributed by atoms with van der Waals surface area (Å²) in [5, 5.41) is 9.84. The summed E-state index contributed by atoms with van der Waals surface area (Å²) in [5.41, 5.74) is 2.62. The first-order valence-corrected chi connectivity index (χ1v) is 23.3. The van der Waals surface area contributed by atoms with Crippen molar-refractivity contribution in [2.45, 2.75) is 93.4 Å². The van der Waals surface area contributed by atoms with E-state index in [1.807, 2.05) is 48.8 Å². The molecule has 5 rings (SSSR count). The molecule has 2 aliphatic heterocycles. The molecule has 3 heterocycles. The molecule has 3 aromatic rings. The van der Waals surface area contributed by atoms with Crippen LogP contribution >= 0.6 is 11.3 Å². The van der Waals surface area contributed by atoms with Crippen molar-refractivity contribution in [1.29, 1.82) is 0 Å². The molecular formula is C37H48N3O10S4+. The summed E-state index contributed by atoms with van der Waals surface area (Å²) in [7, 11) is -12.2. The number of aliphatic carboxylic acids is 1. The number of carboxylic acids is 1. The number of piperidine rings is 1. The van der Waals surface area contributed by atoms with E-state index in [0.717, 1.165) is 51.4 Å². The number of hydrogen-bond acceptors (Lipinski definition) is 9. The van der Waals surface area contributed by atoms with E-state index in [1.165, 1.54) is 27.8 Å². The van der Waals surface area contributed by atoms with E-state index >= 15 is 0 Å². The van der Waals surface area contributed by atoms with Crippen molar-refractivity contribution >= 4 is 69.5 Å². The molecule has 0 saturated carbocycles. The fourth-order valence-electron chi connectivity index (χ4n) is 7.04. The maximum absolute atomic E-state index is 13.4. The number of nitrogens with zero attached hydrogens (tertiary/aromatic N) is 3. The number of rotatable bonds is 17. The van der Waals surface area contributed by atoms with Crippen LogP contribution in [0.25, 0.3) is 16.3 Å². The molecule has 54 heavy (non-hydrogen) atoms. The van der Waals surface area contributed by atoms with Crippen LogP contribution in [0.4, 0.5) is 5.69 Å². The van der Waals surface area contributed by atoms with Gasteiger partial charge in [-0.3, -0.25) is 13.9 Å². The van der Waals surface area contributed by atoms with Crippen LogP contribution in [0.3, 0.4) is 0 Å². The third-order valence-electron chi connectivity index (χ3n) is 9.84. The maximum Gasteiger partial charge on any atom is 0.303 e. The minimum absolute atomic E-state index is 0.0841. The number of anilines is 1. The summed E-state index contributed by atoms with van der Waals surface area (Å²) in [6.45, 7) is 5.96. The number of thiazole rings is 1. The molecule has 0 radical (unpaired) electrons. The van der Waals surface area contributed by atoms with E-state index in [2.05, 4.69) is 4.90 Å². The van der Waals surface area contributed by atoms with Crippen LogP contribution in [0.5, 0.6) is 0 Å². The predicted molar refractivity (Wildman–Crippen MR) is 209 cm³/mol. The van der Waals surface area contributed by atoms with Crippen LogP contribution in [-0.2, 0) is 47.0 Å². The Morgan fingerprint density at radius 3 is 2.28 bits per heavy atom. The number of benzene rings is 2. The SMILES string of the molecule is CC1(C)C(=CC=CC=Cc2sc3cc(S(=O)(=O)N4CCCCC4)ccc3[n+]2CCCCS(=O)(=O)O)N(CCCCCC(=O)O)c2ccc(S(=O)(=O)O)cc21. The van der Waals surface area contributed by atoms with Gasteiger partial charge in [-0.2, -0.15) is 25.7 Å². The van der Waals surface area contributed by atoms with Crippen molar-refractivity contribution in [2.75, 3.05) is 30.3 Å². The molecule has 0 bridgehead atoms. The molecule has 0 spiro atoms. The molecule has 0 aliphatic carbocycles. The Hall–Kier alpha value is -3.45. The molecule has 1 aromatic heterocycles. The van der Waals surface area contributed by atoms with Crippen molar-refractivity contribution in [3.05, 3.63) is 77.0 Å². The van der Waals surface area contributed by atoms with Crippen LogP contribution in [0.1, 0.15) is 82.2 Å². The van der Waals surface area contributed by atoms with Gasteiger partial charge in [0.1, 0.15) is 4.70 Å². The highest BCUT2D eigenvalue weighted by Crippen LogP contribution is 2.48. The molecule has 13 nitrogen and oxygen atoms in total. The maximum atomic E-state index is 13.4. The van der Waals surface area contributed by atoms with Crippen molar-refractivity contribution in [3.63, 3.8) is 0 Å². The van der Waals surface area contributed by atoms with E-state index in [9.17, 15) is 39.2 Å². The Kier molecular flexibility index (Phi) is 13.2. The van der Waals surface area contributed by atoms with Gasteiger partial charge in [-0.1, -0.05) is 56.3 Å². The number of aryl methyl sites for hydroxylation is 1. The van der Waals surface area contributed by atoms with E-state index in [-0.39, 0.29) is 28.4 Å². The normalized spacial score (nSPS) is 17.7. The zero-order valence-electron chi connectivity index (χ0n) is 30.4. The van der Waals surface area contributed by atoms with Crippen LogP contribution in [0, 0.1) is 0 Å². The Labute approximate surface area is 321 Å². The van der Waals surface area contributed by atoms with Gasteiger partial charge >= 0.3 is 5.97 Å². The number of aromatic nitrogens is 1. The second-order valence-corrected chi connectivity index (χ2v) is 20.1. The van der Waals surface area contributed by atoms with Crippen LogP contribution < -0.4 is 9.47 Å². The largest absolute Gasteiger partial charge is 0.481 e. The van der Waals surface area contributed by atoms with Gasteiger partial charge in [-0.15, -0.1) is 0 Å². The van der Waals surface area contributed by atoms with Gasteiger partial charge in [0, 0.05) is 61.4 Å². The highest BCUT2D eigenvalue weighted by Gasteiger charge is 2.40. The quantitative estimate of drug-likeness (QED) is 0.0611. The lowest BCUT2D eigenvalue weighted by molar-refractivity contribution is -0.669. The highest BCUT2D eigenvalue weighted by atomic mass is 32.2. The Balaban J connectivity index is 1.43. The highest BCUT2D eigenvalue weighted by molar-refractivity contribution is 7.89. The van der Waals surface area contributed by atoms with Crippen molar-refractivity contribution in [2.24, 2.45) is 0 Å². The molecule has 1 fully saturated rings. The molecule has 1 saturated heterocycles. The van der Waals surface area contributed by atoms with Gasteiger partial charge in [0.15, 0.2) is 6.54 Å². The number of carbonyl (C=O) groups is 1. The minimum atomic E-state index is -4.42. The van der Waals surface area contributed by atoms with Crippen molar-refractivity contribution in [3.8, 4) is 0 Å². The summed E-state index contributed by atoms with van der Waals surface area (Å²) >= 11 is 1.42. The molecule has 0 atom stereocenters. The van der Waals surface area contributed by atoms with Gasteiger partial charge in [0.05, 0.1) is 15.5 Å². The molecule has 294 valence electrons. The summed E-state index contributed by atoms with van der Waals surface area (Å²) < 4.78 is 96.8. The third kappa shape index (κ3) is 10.0. The molecule has 2 aromatic carbocycles. The molecular weight excluding hydrogens is 775 g/mol. The minimum Gasteiger partial charge on any atom is -0.481 e. The fourth-order valence-corrected chi connectivity index (χ4v) is 10.9. The fraction of sp³-hybridized carbons (Fsp3) is 0.459. The Morgan fingerprint density at radius 1 is 0.870 bits per heavy atom. The van der Waals surface area contributed by atoms with E-state index in [0.29, 0.717) is 51.9 Å². The summed E-state index contributed by atoms with van der Waals surface area (Å²) in [4.78, 5) is 13.1. The average molecular weight is 823 g/mol. The Morgan fingerprint density at radius 2 is 1.59 bits per heavy atom. The monoisotopic (exact) mass is 822 g/mol. The first-order valence-electron chi connectivity index (χ1n) is 18.0. The number of allylic oxidation sites excluding steroid dienone is 5. The van der Waals surface area contributed by atoms with Gasteiger partial charge in [0.2, 0.25) is 15.5 Å². The lowest BCUT2D eigenvalue weighted by atomic mass is 9.83. The lowest BCUT2D eigenvalue weighted by Crippen LogP contribution is -2.36. The predicted octanol–water partition coefficient (Wildman–Crippen LogP) is 6.17. The van der Waals surface area contributed by atoms with E-state index < -0.39 is 41.6 Å². The van der Waals surface area contributed by atoms with Gasteiger partial charge in [-0.05, 0) is 74.1 Å². The number of hydrogen-bond donors (Lipinski definition) is 3. The average Bonchev–Trinajstić information content (AvgIpc) is 3.55. The van der Waals surface area contributed by atoms with Gasteiger partial charge in [0.25, 0.3) is 25.2 Å². The lowest BCUT2D eigenvalue weighted by Gasteiger charge is -2.27. The van der Waals surface area contributed by atoms with Crippen molar-refractivity contribution in [1.82, 2.24) is 4.31 Å². The van der Waals surface area contributed by atoms with Crippen LogP contribution in [0.15, 0.2) is 76.2 Å². The second kappa shape index (κ2) is 17.1. The standard InChI is InChI=1S/C37H47N3O10S4/c1-37(2)30-26-29(54(48,49)50)18-19-31(30)39(23-11-4-8-16-36(41)42)34(37)14-6-3-7-15-35-40(24-12-13-25-52(43,44)45)32-20-17-28(27-33(32)51-35)53(46,47)38-21-9-5-10-22-38/h3,6-7,14-15,17-20,26-27H,4-5,8-13,16,21-25H2,1-2H3,(H2-,41,42,43,44,45,48,49,50)/p+1. The van der Waals surface area contributed by atoms with Crippen LogP contribution in [0.2, 0.25) is 0 Å². The first kappa shape index (κ1) is 41.7. The topological polar surface area (TPSA) is 191 Å².